The molecule has 2 rings (SSSR count). The first-order valence-electron chi connectivity index (χ1n) is 6.95. The topological polar surface area (TPSA) is 29.5 Å². The SMILES string of the molecule is CCC1(CC)C(O)CC1Oc1cc(C)cc(C)c1. The van der Waals surface area contributed by atoms with Gasteiger partial charge in [-0.25, -0.2) is 0 Å². The minimum absolute atomic E-state index is 0.0440. The van der Waals surface area contributed by atoms with Crippen molar-refractivity contribution in [3.05, 3.63) is 29.3 Å². The third kappa shape index (κ3) is 2.14. The van der Waals surface area contributed by atoms with Crippen molar-refractivity contribution >= 4 is 0 Å². The van der Waals surface area contributed by atoms with Crippen LogP contribution in [0, 0.1) is 19.3 Å². The van der Waals surface area contributed by atoms with E-state index in [4.69, 9.17) is 4.74 Å². The van der Waals surface area contributed by atoms with Gasteiger partial charge in [-0.3, -0.25) is 0 Å². The van der Waals surface area contributed by atoms with Crippen LogP contribution in [0.2, 0.25) is 0 Å². The zero-order valence-corrected chi connectivity index (χ0v) is 11.9. The van der Waals surface area contributed by atoms with E-state index in [1.165, 1.54) is 11.1 Å². The van der Waals surface area contributed by atoms with Gasteiger partial charge < -0.3 is 9.84 Å². The summed E-state index contributed by atoms with van der Waals surface area (Å²) in [5.41, 5.74) is 2.41. The molecule has 0 spiro atoms. The lowest BCUT2D eigenvalue weighted by atomic mass is 9.60. The van der Waals surface area contributed by atoms with Gasteiger partial charge in [0.15, 0.2) is 0 Å². The lowest BCUT2D eigenvalue weighted by Crippen LogP contribution is -2.59. The Morgan fingerprint density at radius 2 is 1.72 bits per heavy atom. The number of rotatable bonds is 4. The molecular formula is C16H24O2. The molecule has 2 nitrogen and oxygen atoms in total. The molecule has 1 aromatic carbocycles. The van der Waals surface area contributed by atoms with Crippen molar-refractivity contribution in [2.24, 2.45) is 5.41 Å². The summed E-state index contributed by atoms with van der Waals surface area (Å²) in [6.45, 7) is 8.46. The molecule has 1 saturated carbocycles. The van der Waals surface area contributed by atoms with Gasteiger partial charge in [0.2, 0.25) is 0 Å². The summed E-state index contributed by atoms with van der Waals surface area (Å²) in [6, 6.07) is 6.30. The summed E-state index contributed by atoms with van der Waals surface area (Å²) in [6.07, 6.45) is 2.65. The van der Waals surface area contributed by atoms with Crippen LogP contribution in [0.25, 0.3) is 0 Å². The van der Waals surface area contributed by atoms with Crippen LogP contribution < -0.4 is 4.74 Å². The third-order valence-corrected chi connectivity index (χ3v) is 4.53. The molecule has 2 unspecified atom stereocenters. The first kappa shape index (κ1) is 13.4. The second-order valence-electron chi connectivity index (χ2n) is 5.62. The van der Waals surface area contributed by atoms with Gasteiger partial charge in [-0.05, 0) is 49.9 Å². The van der Waals surface area contributed by atoms with E-state index in [0.717, 1.165) is 25.0 Å². The van der Waals surface area contributed by atoms with Crippen molar-refractivity contribution < 1.29 is 9.84 Å². The average Bonchev–Trinajstić information content (AvgIpc) is 2.29. The number of benzene rings is 1. The normalized spacial score (nSPS) is 25.6. The Balaban J connectivity index is 2.15. The van der Waals surface area contributed by atoms with Gasteiger partial charge in [-0.15, -0.1) is 0 Å². The van der Waals surface area contributed by atoms with E-state index in [2.05, 4.69) is 45.9 Å². The Bertz CT molecular complexity index is 401. The van der Waals surface area contributed by atoms with Crippen LogP contribution in [0.5, 0.6) is 5.75 Å². The van der Waals surface area contributed by atoms with Gasteiger partial charge in [-0.1, -0.05) is 19.9 Å². The highest BCUT2D eigenvalue weighted by atomic mass is 16.5. The second-order valence-corrected chi connectivity index (χ2v) is 5.62. The molecule has 2 atom stereocenters. The van der Waals surface area contributed by atoms with Gasteiger partial charge in [0, 0.05) is 11.8 Å². The Morgan fingerprint density at radius 3 is 2.17 bits per heavy atom. The molecule has 1 aliphatic carbocycles. The molecule has 2 heteroatoms. The first-order valence-corrected chi connectivity index (χ1v) is 6.95. The number of aliphatic hydroxyl groups is 1. The van der Waals surface area contributed by atoms with Crippen molar-refractivity contribution in [3.8, 4) is 5.75 Å². The molecule has 100 valence electrons. The van der Waals surface area contributed by atoms with E-state index >= 15 is 0 Å². The van der Waals surface area contributed by atoms with E-state index in [0.29, 0.717) is 0 Å². The molecule has 0 saturated heterocycles. The summed E-state index contributed by atoms with van der Waals surface area (Å²) in [7, 11) is 0. The number of hydrogen-bond donors (Lipinski definition) is 1. The Hall–Kier alpha value is -1.02. The molecule has 0 aromatic heterocycles. The highest BCUT2D eigenvalue weighted by Gasteiger charge is 2.53. The molecule has 1 aliphatic rings. The fraction of sp³-hybridized carbons (Fsp3) is 0.625. The van der Waals surface area contributed by atoms with Crippen molar-refractivity contribution in [3.63, 3.8) is 0 Å². The van der Waals surface area contributed by atoms with Crippen LogP contribution in [0.1, 0.15) is 44.2 Å². The lowest BCUT2D eigenvalue weighted by molar-refractivity contribution is -0.159. The fourth-order valence-corrected chi connectivity index (χ4v) is 3.23. The number of ether oxygens (including phenoxy) is 1. The van der Waals surface area contributed by atoms with Gasteiger partial charge in [-0.2, -0.15) is 0 Å². The maximum atomic E-state index is 10.0. The highest BCUT2D eigenvalue weighted by molar-refractivity contribution is 5.33. The van der Waals surface area contributed by atoms with Crippen LogP contribution in [-0.4, -0.2) is 17.3 Å². The molecule has 0 amide bonds. The number of hydrogen-bond acceptors (Lipinski definition) is 2. The van der Waals surface area contributed by atoms with Crippen molar-refractivity contribution in [2.75, 3.05) is 0 Å². The van der Waals surface area contributed by atoms with E-state index in [-0.39, 0.29) is 17.6 Å². The standard InChI is InChI=1S/C16H24O2/c1-5-16(6-2)14(17)10-15(16)18-13-8-11(3)7-12(4)9-13/h7-9,14-15,17H,5-6,10H2,1-4H3. The van der Waals surface area contributed by atoms with E-state index in [1.807, 2.05) is 0 Å². The van der Waals surface area contributed by atoms with Crippen molar-refractivity contribution in [2.45, 2.75) is 59.2 Å². The number of aliphatic hydroxyl groups excluding tert-OH is 1. The summed E-state index contributed by atoms with van der Waals surface area (Å²) >= 11 is 0. The molecule has 1 N–H and O–H groups in total. The van der Waals surface area contributed by atoms with Crippen molar-refractivity contribution in [1.82, 2.24) is 0 Å². The molecule has 0 radical (unpaired) electrons. The maximum Gasteiger partial charge on any atom is 0.120 e. The lowest BCUT2D eigenvalue weighted by Gasteiger charge is -2.52. The van der Waals surface area contributed by atoms with Gasteiger partial charge in [0.25, 0.3) is 0 Å². The van der Waals surface area contributed by atoms with Crippen LogP contribution in [-0.2, 0) is 0 Å². The zero-order chi connectivity index (χ0) is 13.3. The Morgan fingerprint density at radius 1 is 1.17 bits per heavy atom. The summed E-state index contributed by atoms with van der Waals surface area (Å²) in [5, 5.41) is 10.0. The smallest absolute Gasteiger partial charge is 0.120 e. The van der Waals surface area contributed by atoms with Gasteiger partial charge >= 0.3 is 0 Å². The minimum Gasteiger partial charge on any atom is -0.490 e. The highest BCUT2D eigenvalue weighted by Crippen LogP contribution is 2.48. The molecule has 1 fully saturated rings. The molecule has 0 aliphatic heterocycles. The fourth-order valence-electron chi connectivity index (χ4n) is 3.23. The molecule has 18 heavy (non-hydrogen) atoms. The van der Waals surface area contributed by atoms with E-state index in [9.17, 15) is 5.11 Å². The van der Waals surface area contributed by atoms with Crippen LogP contribution in [0.4, 0.5) is 0 Å². The van der Waals surface area contributed by atoms with Gasteiger partial charge in [0.05, 0.1) is 6.10 Å². The molecular weight excluding hydrogens is 224 g/mol. The number of aryl methyl sites for hydroxylation is 2. The van der Waals surface area contributed by atoms with Crippen LogP contribution in [0.3, 0.4) is 0 Å². The Labute approximate surface area is 110 Å². The summed E-state index contributed by atoms with van der Waals surface area (Å²) in [4.78, 5) is 0. The molecule has 0 bridgehead atoms. The summed E-state index contributed by atoms with van der Waals surface area (Å²) in [5.74, 6) is 0.940. The van der Waals surface area contributed by atoms with Crippen LogP contribution >= 0.6 is 0 Å². The molecule has 0 heterocycles. The monoisotopic (exact) mass is 248 g/mol. The zero-order valence-electron chi connectivity index (χ0n) is 11.9. The van der Waals surface area contributed by atoms with E-state index in [1.54, 1.807) is 0 Å². The third-order valence-electron chi connectivity index (χ3n) is 4.53. The van der Waals surface area contributed by atoms with Crippen molar-refractivity contribution in [1.29, 1.82) is 0 Å². The van der Waals surface area contributed by atoms with Gasteiger partial charge in [0.1, 0.15) is 11.9 Å². The average molecular weight is 248 g/mol. The Kier molecular flexibility index (Phi) is 3.67. The largest absolute Gasteiger partial charge is 0.490 e. The molecule has 1 aromatic rings. The quantitative estimate of drug-likeness (QED) is 0.881. The predicted octanol–water partition coefficient (Wildman–Crippen LogP) is 3.62. The first-order chi connectivity index (χ1) is 8.51. The summed E-state index contributed by atoms with van der Waals surface area (Å²) < 4.78 is 6.12. The van der Waals surface area contributed by atoms with E-state index < -0.39 is 0 Å². The second kappa shape index (κ2) is 4.93. The predicted molar refractivity (Wildman–Crippen MR) is 74.0 cm³/mol. The maximum absolute atomic E-state index is 10.0. The van der Waals surface area contributed by atoms with Crippen LogP contribution in [0.15, 0.2) is 18.2 Å². The minimum atomic E-state index is -0.205.